The molecule has 9 aromatic rings. The highest BCUT2D eigenvalue weighted by molar-refractivity contribution is 6.10. The van der Waals surface area contributed by atoms with E-state index in [0.29, 0.717) is 0 Å². The third kappa shape index (κ3) is 4.17. The van der Waals surface area contributed by atoms with E-state index in [1.54, 1.807) is 0 Å². The van der Waals surface area contributed by atoms with Gasteiger partial charge >= 0.3 is 0 Å². The van der Waals surface area contributed by atoms with E-state index in [2.05, 4.69) is 201 Å². The number of rotatable bonds is 4. The molecule has 1 aromatic heterocycles. The topological polar surface area (TPSA) is 16.4 Å². The van der Waals surface area contributed by atoms with E-state index in [1.807, 2.05) is 6.07 Å². The summed E-state index contributed by atoms with van der Waals surface area (Å²) in [7, 11) is 0. The van der Waals surface area contributed by atoms with E-state index in [0.717, 1.165) is 39.0 Å². The van der Waals surface area contributed by atoms with Crippen LogP contribution in [0.15, 0.2) is 192 Å². The zero-order valence-electron chi connectivity index (χ0n) is 30.3. The van der Waals surface area contributed by atoms with Crippen molar-refractivity contribution in [3.63, 3.8) is 0 Å². The van der Waals surface area contributed by atoms with E-state index in [4.69, 9.17) is 4.42 Å². The molecule has 54 heavy (non-hydrogen) atoms. The number of para-hydroxylation sites is 2. The lowest BCUT2D eigenvalue weighted by Gasteiger charge is -2.46. The first-order valence-corrected chi connectivity index (χ1v) is 18.9. The number of hydrogen-bond acceptors (Lipinski definition) is 2. The average Bonchev–Trinajstić information content (AvgIpc) is 3.75. The van der Waals surface area contributed by atoms with Crippen LogP contribution in [0.1, 0.15) is 47.2 Å². The van der Waals surface area contributed by atoms with Crippen LogP contribution in [-0.4, -0.2) is 0 Å². The van der Waals surface area contributed by atoms with Gasteiger partial charge in [-0.05, 0) is 92.0 Å². The SMILES string of the molecule is CC1(C)c2ccccc2C2(c3ccccc3-c3ccc(N(c4ccc(-c5ccccc5)cc4)c4cccc5c4oc4ccccc45)cc32)c2ccccc21. The van der Waals surface area contributed by atoms with Crippen LogP contribution in [0.5, 0.6) is 0 Å². The fraction of sp³-hybridized carbons (Fsp3) is 0.0769. The molecule has 2 aliphatic carbocycles. The maximum Gasteiger partial charge on any atom is 0.159 e. The molecule has 0 unspecified atom stereocenters. The van der Waals surface area contributed by atoms with Gasteiger partial charge in [-0.15, -0.1) is 0 Å². The van der Waals surface area contributed by atoms with Gasteiger partial charge in [0.05, 0.1) is 11.1 Å². The molecule has 2 heteroatoms. The van der Waals surface area contributed by atoms with Gasteiger partial charge in [0.15, 0.2) is 5.58 Å². The molecule has 2 aliphatic rings. The highest BCUT2D eigenvalue weighted by Crippen LogP contribution is 2.62. The lowest BCUT2D eigenvalue weighted by Crippen LogP contribution is -2.40. The molecule has 256 valence electrons. The number of fused-ring (bicyclic) bond motifs is 12. The number of nitrogens with zero attached hydrogens (tertiary/aromatic N) is 1. The Bertz CT molecular complexity index is 2860. The van der Waals surface area contributed by atoms with Crippen molar-refractivity contribution in [3.05, 3.63) is 221 Å². The summed E-state index contributed by atoms with van der Waals surface area (Å²) in [4.78, 5) is 2.39. The molecule has 0 atom stereocenters. The van der Waals surface area contributed by atoms with E-state index >= 15 is 0 Å². The number of furan rings is 1. The first-order valence-electron chi connectivity index (χ1n) is 18.9. The van der Waals surface area contributed by atoms with Gasteiger partial charge in [-0.25, -0.2) is 0 Å². The molecule has 0 fully saturated rings. The smallest absolute Gasteiger partial charge is 0.159 e. The monoisotopic (exact) mass is 691 g/mol. The van der Waals surface area contributed by atoms with E-state index in [1.165, 1.54) is 55.6 Å². The van der Waals surface area contributed by atoms with Gasteiger partial charge < -0.3 is 9.32 Å². The Balaban J connectivity index is 1.20. The molecule has 8 aromatic carbocycles. The van der Waals surface area contributed by atoms with Crippen LogP contribution in [0.25, 0.3) is 44.2 Å². The molecule has 1 spiro atoms. The molecule has 0 amide bonds. The van der Waals surface area contributed by atoms with Gasteiger partial charge in [0.1, 0.15) is 5.58 Å². The van der Waals surface area contributed by atoms with E-state index in [9.17, 15) is 0 Å². The molecule has 0 bridgehead atoms. The van der Waals surface area contributed by atoms with Gasteiger partial charge in [-0.3, -0.25) is 0 Å². The molecule has 11 rings (SSSR count). The molecular formula is C52H37NO. The molecule has 1 heterocycles. The number of hydrogen-bond donors (Lipinski definition) is 0. The fourth-order valence-electron chi connectivity index (χ4n) is 9.76. The summed E-state index contributed by atoms with van der Waals surface area (Å²) in [5.41, 5.74) is 17.3. The Labute approximate surface area is 315 Å². The van der Waals surface area contributed by atoms with Crippen LogP contribution in [0, 0.1) is 0 Å². The van der Waals surface area contributed by atoms with Crippen LogP contribution in [-0.2, 0) is 10.8 Å². The minimum atomic E-state index is -0.487. The second-order valence-corrected chi connectivity index (χ2v) is 15.2. The number of benzene rings is 8. The maximum atomic E-state index is 6.73. The molecule has 0 saturated carbocycles. The largest absolute Gasteiger partial charge is 0.454 e. The Morgan fingerprint density at radius 3 is 1.70 bits per heavy atom. The van der Waals surface area contributed by atoms with Gasteiger partial charge in [-0.2, -0.15) is 0 Å². The van der Waals surface area contributed by atoms with Gasteiger partial charge in [0.25, 0.3) is 0 Å². The normalized spacial score (nSPS) is 14.4. The minimum absolute atomic E-state index is 0.156. The van der Waals surface area contributed by atoms with Gasteiger partial charge in [0, 0.05) is 27.6 Å². The fourth-order valence-corrected chi connectivity index (χ4v) is 9.76. The third-order valence-electron chi connectivity index (χ3n) is 12.2. The Hall–Kier alpha value is -6.64. The number of anilines is 3. The van der Waals surface area contributed by atoms with Crippen LogP contribution in [0.4, 0.5) is 17.1 Å². The third-order valence-corrected chi connectivity index (χ3v) is 12.2. The quantitative estimate of drug-likeness (QED) is 0.183. The Morgan fingerprint density at radius 1 is 0.407 bits per heavy atom. The summed E-state index contributed by atoms with van der Waals surface area (Å²) >= 11 is 0. The lowest BCUT2D eigenvalue weighted by atomic mass is 9.55. The average molecular weight is 692 g/mol. The summed E-state index contributed by atoms with van der Waals surface area (Å²) in [5, 5.41) is 2.23. The molecule has 0 saturated heterocycles. The first-order chi connectivity index (χ1) is 26.5. The van der Waals surface area contributed by atoms with E-state index < -0.39 is 5.41 Å². The van der Waals surface area contributed by atoms with Crippen LogP contribution in [0.3, 0.4) is 0 Å². The predicted octanol–water partition coefficient (Wildman–Crippen LogP) is 13.7. The molecule has 0 radical (unpaired) electrons. The lowest BCUT2D eigenvalue weighted by molar-refractivity contribution is 0.563. The molecular weight excluding hydrogens is 655 g/mol. The standard InChI is InChI=1S/C52H37NO/c1-51(2)43-21-9-11-23-45(43)52(46-24-12-10-22-44(46)51)42-20-8-6-17-38(42)39-32-31-37(33-47(39)52)53(36-29-27-35(28-30-36)34-15-4-3-5-16-34)48-25-14-19-41-40-18-7-13-26-49(40)54-50(41)48/h3-33H,1-2H3. The maximum absolute atomic E-state index is 6.73. The molecule has 0 aliphatic heterocycles. The van der Waals surface area contributed by atoms with Crippen molar-refractivity contribution in [2.45, 2.75) is 24.7 Å². The van der Waals surface area contributed by atoms with Crippen LogP contribution in [0.2, 0.25) is 0 Å². The van der Waals surface area contributed by atoms with Crippen molar-refractivity contribution in [2.24, 2.45) is 0 Å². The van der Waals surface area contributed by atoms with Gasteiger partial charge in [-0.1, -0.05) is 166 Å². The van der Waals surface area contributed by atoms with Crippen molar-refractivity contribution in [3.8, 4) is 22.3 Å². The van der Waals surface area contributed by atoms with Crippen molar-refractivity contribution in [2.75, 3.05) is 4.90 Å². The van der Waals surface area contributed by atoms with Gasteiger partial charge in [0.2, 0.25) is 0 Å². The van der Waals surface area contributed by atoms with Crippen molar-refractivity contribution >= 4 is 39.0 Å². The summed E-state index contributed by atoms with van der Waals surface area (Å²) < 4.78 is 6.73. The predicted molar refractivity (Wildman–Crippen MR) is 223 cm³/mol. The summed E-state index contributed by atoms with van der Waals surface area (Å²) in [6.07, 6.45) is 0. The Morgan fingerprint density at radius 2 is 0.963 bits per heavy atom. The summed E-state index contributed by atoms with van der Waals surface area (Å²) in [6.45, 7) is 4.76. The van der Waals surface area contributed by atoms with Crippen molar-refractivity contribution in [1.82, 2.24) is 0 Å². The zero-order chi connectivity index (χ0) is 36.0. The second-order valence-electron chi connectivity index (χ2n) is 15.2. The zero-order valence-corrected chi connectivity index (χ0v) is 30.3. The van der Waals surface area contributed by atoms with Crippen LogP contribution >= 0.6 is 0 Å². The van der Waals surface area contributed by atoms with Crippen molar-refractivity contribution < 1.29 is 4.42 Å². The highest BCUT2D eigenvalue weighted by atomic mass is 16.3. The van der Waals surface area contributed by atoms with E-state index in [-0.39, 0.29) is 5.41 Å². The molecule has 0 N–H and O–H groups in total. The first kappa shape index (κ1) is 30.9. The van der Waals surface area contributed by atoms with Crippen LogP contribution < -0.4 is 4.90 Å². The second kappa shape index (κ2) is 11.4. The highest BCUT2D eigenvalue weighted by Gasteiger charge is 2.53. The molecule has 2 nitrogen and oxygen atoms in total. The van der Waals surface area contributed by atoms with Crippen molar-refractivity contribution in [1.29, 1.82) is 0 Å². The minimum Gasteiger partial charge on any atom is -0.454 e. The Kier molecular flexibility index (Phi) is 6.55. The summed E-state index contributed by atoms with van der Waals surface area (Å²) in [5.74, 6) is 0. The summed E-state index contributed by atoms with van der Waals surface area (Å²) in [6, 6.07) is 68.9.